The number of hydrogen-bond donors (Lipinski definition) is 1. The van der Waals surface area contributed by atoms with Crippen molar-refractivity contribution in [3.8, 4) is 5.75 Å². The lowest BCUT2D eigenvalue weighted by molar-refractivity contribution is -0.137. The average molecular weight is 322 g/mol. The molecule has 2 rings (SSSR count). The van der Waals surface area contributed by atoms with E-state index in [2.05, 4.69) is 0 Å². The molecule has 0 amide bonds. The van der Waals surface area contributed by atoms with Gasteiger partial charge in [-0.25, -0.2) is 4.79 Å². The van der Waals surface area contributed by atoms with Crippen LogP contribution < -0.4 is 4.74 Å². The molecular weight excluding hydrogens is 309 g/mol. The monoisotopic (exact) mass is 322 g/mol. The van der Waals surface area contributed by atoms with Crippen LogP contribution >= 0.6 is 0 Å². The predicted octanol–water partition coefficient (Wildman–Crippen LogP) is 4.34. The van der Waals surface area contributed by atoms with Gasteiger partial charge in [-0.1, -0.05) is 24.3 Å². The van der Waals surface area contributed by atoms with Gasteiger partial charge >= 0.3 is 12.1 Å². The molecule has 6 heteroatoms. The fraction of sp³-hybridized carbons (Fsp3) is 0.118. The quantitative estimate of drug-likeness (QED) is 0.673. The van der Waals surface area contributed by atoms with Crippen LogP contribution in [0.4, 0.5) is 13.2 Å². The Morgan fingerprint density at radius 3 is 2.30 bits per heavy atom. The second-order valence-corrected chi connectivity index (χ2v) is 4.71. The Kier molecular flexibility index (Phi) is 4.74. The maximum Gasteiger partial charge on any atom is 0.416 e. The summed E-state index contributed by atoms with van der Waals surface area (Å²) in [6, 6.07) is 10.7. The number of ether oxygens (including phenoxy) is 1. The number of hydrogen-bond acceptors (Lipinski definition) is 2. The highest BCUT2D eigenvalue weighted by Gasteiger charge is 2.29. The van der Waals surface area contributed by atoms with Crippen molar-refractivity contribution in [2.24, 2.45) is 0 Å². The van der Waals surface area contributed by atoms with Crippen molar-refractivity contribution in [3.63, 3.8) is 0 Å². The Bertz CT molecular complexity index is 731. The number of carbonyl (C=O) groups is 1. The molecule has 0 spiro atoms. The van der Waals surface area contributed by atoms with Crippen molar-refractivity contribution >= 4 is 17.6 Å². The fourth-order valence-corrected chi connectivity index (χ4v) is 1.99. The molecule has 2 aromatic rings. The van der Waals surface area contributed by atoms with Crippen molar-refractivity contribution in [2.45, 2.75) is 6.18 Å². The largest absolute Gasteiger partial charge is 0.497 e. The van der Waals surface area contributed by atoms with E-state index in [4.69, 9.17) is 4.74 Å². The first kappa shape index (κ1) is 16.6. The van der Waals surface area contributed by atoms with Crippen molar-refractivity contribution in [1.82, 2.24) is 0 Å². The zero-order chi connectivity index (χ0) is 17.0. The molecule has 0 aliphatic carbocycles. The van der Waals surface area contributed by atoms with Gasteiger partial charge < -0.3 is 9.84 Å². The molecule has 0 unspecified atom stereocenters. The second kappa shape index (κ2) is 6.56. The fourth-order valence-electron chi connectivity index (χ4n) is 1.99. The first-order valence-electron chi connectivity index (χ1n) is 6.58. The second-order valence-electron chi connectivity index (χ2n) is 4.71. The lowest BCUT2D eigenvalue weighted by Gasteiger charge is -2.08. The van der Waals surface area contributed by atoms with E-state index < -0.39 is 17.7 Å². The number of halogens is 3. The maximum absolute atomic E-state index is 12.5. The Morgan fingerprint density at radius 1 is 1.13 bits per heavy atom. The first-order chi connectivity index (χ1) is 10.8. The van der Waals surface area contributed by atoms with Gasteiger partial charge in [-0.05, 0) is 41.5 Å². The lowest BCUT2D eigenvalue weighted by Crippen LogP contribution is -2.04. The molecule has 0 aliphatic rings. The predicted molar refractivity (Wildman–Crippen MR) is 79.9 cm³/mol. The van der Waals surface area contributed by atoms with Gasteiger partial charge in [0, 0.05) is 0 Å². The highest BCUT2D eigenvalue weighted by molar-refractivity contribution is 6.20. The maximum atomic E-state index is 12.5. The summed E-state index contributed by atoms with van der Waals surface area (Å²) in [5, 5.41) is 9.35. The van der Waals surface area contributed by atoms with Crippen LogP contribution in [0.2, 0.25) is 0 Å². The van der Waals surface area contributed by atoms with Crippen LogP contribution in [-0.4, -0.2) is 18.2 Å². The molecule has 23 heavy (non-hydrogen) atoms. The molecule has 0 atom stereocenters. The van der Waals surface area contributed by atoms with E-state index in [0.29, 0.717) is 16.9 Å². The van der Waals surface area contributed by atoms with Crippen LogP contribution in [0.25, 0.3) is 11.6 Å². The molecule has 120 valence electrons. The summed E-state index contributed by atoms with van der Waals surface area (Å²) in [5.41, 5.74) is -0.0634. The van der Waals surface area contributed by atoms with E-state index in [9.17, 15) is 23.1 Å². The van der Waals surface area contributed by atoms with E-state index in [-0.39, 0.29) is 5.57 Å². The number of rotatable bonds is 4. The van der Waals surface area contributed by atoms with Gasteiger partial charge in [0.15, 0.2) is 0 Å². The molecule has 3 nitrogen and oxygen atoms in total. The molecule has 0 aliphatic heterocycles. The summed E-state index contributed by atoms with van der Waals surface area (Å²) in [7, 11) is 1.46. The van der Waals surface area contributed by atoms with Gasteiger partial charge in [0.05, 0.1) is 18.2 Å². The third-order valence-electron chi connectivity index (χ3n) is 3.16. The summed E-state index contributed by atoms with van der Waals surface area (Å²) >= 11 is 0. The summed E-state index contributed by atoms with van der Waals surface area (Å²) in [6.45, 7) is 0. The van der Waals surface area contributed by atoms with Crippen LogP contribution in [0, 0.1) is 0 Å². The number of methoxy groups -OCH3 is 1. The summed E-state index contributed by atoms with van der Waals surface area (Å²) in [4.78, 5) is 11.4. The number of aliphatic carboxylic acids is 1. The standard InChI is InChI=1S/C17H13F3O3/c1-23-14-4-2-3-12(10-14)15(16(21)22)9-11-5-7-13(8-6-11)17(18,19)20/h2-10H,1H3,(H,21,22)/b15-9-. The minimum absolute atomic E-state index is 0.0383. The van der Waals surface area contributed by atoms with E-state index in [1.807, 2.05) is 0 Å². The van der Waals surface area contributed by atoms with Crippen LogP contribution in [0.1, 0.15) is 16.7 Å². The number of benzene rings is 2. The minimum Gasteiger partial charge on any atom is -0.497 e. The van der Waals surface area contributed by atoms with E-state index >= 15 is 0 Å². The highest BCUT2D eigenvalue weighted by Crippen LogP contribution is 2.30. The van der Waals surface area contributed by atoms with Gasteiger partial charge in [0.2, 0.25) is 0 Å². The van der Waals surface area contributed by atoms with Gasteiger partial charge in [0.25, 0.3) is 0 Å². The van der Waals surface area contributed by atoms with Gasteiger partial charge in [-0.2, -0.15) is 13.2 Å². The Hall–Kier alpha value is -2.76. The van der Waals surface area contributed by atoms with Crippen LogP contribution in [0.15, 0.2) is 48.5 Å². The average Bonchev–Trinajstić information content (AvgIpc) is 2.52. The molecule has 0 fully saturated rings. The van der Waals surface area contributed by atoms with Crippen LogP contribution in [-0.2, 0) is 11.0 Å². The SMILES string of the molecule is COc1cccc(/C(=C/c2ccc(C(F)(F)F)cc2)C(=O)O)c1. The molecule has 0 saturated heterocycles. The van der Waals surface area contributed by atoms with Gasteiger partial charge in [-0.15, -0.1) is 0 Å². The molecular formula is C17H13F3O3. The van der Waals surface area contributed by atoms with Crippen molar-refractivity contribution in [2.75, 3.05) is 7.11 Å². The third kappa shape index (κ3) is 4.12. The van der Waals surface area contributed by atoms with Gasteiger partial charge in [0.1, 0.15) is 5.75 Å². The molecule has 1 N–H and O–H groups in total. The molecule has 2 aromatic carbocycles. The summed E-state index contributed by atoms with van der Waals surface area (Å²) in [5.74, 6) is -0.694. The van der Waals surface area contributed by atoms with E-state index in [1.54, 1.807) is 24.3 Å². The normalized spacial score (nSPS) is 12.1. The minimum atomic E-state index is -4.43. The molecule has 0 heterocycles. The molecule has 0 bridgehead atoms. The van der Waals surface area contributed by atoms with Crippen molar-refractivity contribution < 1.29 is 27.8 Å². The Balaban J connectivity index is 2.41. The number of carboxylic acid groups (broad SMARTS) is 1. The first-order valence-corrected chi connectivity index (χ1v) is 6.58. The van der Waals surface area contributed by atoms with E-state index in [1.165, 1.54) is 25.3 Å². The molecule has 0 saturated carbocycles. The lowest BCUT2D eigenvalue weighted by atomic mass is 10.0. The topological polar surface area (TPSA) is 46.5 Å². The summed E-state index contributed by atoms with van der Waals surface area (Å²) in [6.07, 6.45) is -3.11. The number of carboxylic acids is 1. The highest BCUT2D eigenvalue weighted by atomic mass is 19.4. The Labute approximate surface area is 130 Å². The summed E-state index contributed by atoms with van der Waals surface area (Å²) < 4.78 is 42.6. The zero-order valence-electron chi connectivity index (χ0n) is 12.1. The molecule has 0 radical (unpaired) electrons. The van der Waals surface area contributed by atoms with E-state index in [0.717, 1.165) is 12.1 Å². The third-order valence-corrected chi connectivity index (χ3v) is 3.16. The van der Waals surface area contributed by atoms with Crippen LogP contribution in [0.3, 0.4) is 0 Å². The van der Waals surface area contributed by atoms with Crippen LogP contribution in [0.5, 0.6) is 5.75 Å². The number of alkyl halides is 3. The molecule has 0 aromatic heterocycles. The smallest absolute Gasteiger partial charge is 0.416 e. The van der Waals surface area contributed by atoms with Gasteiger partial charge in [-0.3, -0.25) is 0 Å². The zero-order valence-corrected chi connectivity index (χ0v) is 12.1. The van der Waals surface area contributed by atoms with Crippen molar-refractivity contribution in [3.05, 3.63) is 65.2 Å². The van der Waals surface area contributed by atoms with Crippen molar-refractivity contribution in [1.29, 1.82) is 0 Å². The Morgan fingerprint density at radius 2 is 1.78 bits per heavy atom.